The van der Waals surface area contributed by atoms with Crippen LogP contribution in [0.2, 0.25) is 5.02 Å². The molecule has 0 radical (unpaired) electrons. The molecule has 0 saturated carbocycles. The molecule has 2 unspecified atom stereocenters. The molecule has 1 N–H and O–H groups in total. The Morgan fingerprint density at radius 2 is 1.70 bits per heavy atom. The van der Waals surface area contributed by atoms with Crippen molar-refractivity contribution in [1.29, 1.82) is 0 Å². The number of rotatable bonds is 10. The van der Waals surface area contributed by atoms with Crippen molar-refractivity contribution in [3.8, 4) is 0 Å². The number of nitrogens with zero attached hydrogens (tertiary/aromatic N) is 2. The van der Waals surface area contributed by atoms with Gasteiger partial charge in [0.15, 0.2) is 0 Å². The summed E-state index contributed by atoms with van der Waals surface area (Å²) in [6.07, 6.45) is 1.67. The number of anilines is 1. The average Bonchev–Trinajstić information content (AvgIpc) is 2.76. The maximum atomic E-state index is 14.3. The minimum Gasteiger partial charge on any atom is -0.352 e. The Hall–Kier alpha value is -2.65. The zero-order valence-corrected chi connectivity index (χ0v) is 20.7. The number of benzene rings is 2. The molecule has 2 aromatic rings. The Bertz CT molecular complexity index is 1080. The highest BCUT2D eigenvalue weighted by Crippen LogP contribution is 2.21. The van der Waals surface area contributed by atoms with Gasteiger partial charge in [-0.3, -0.25) is 13.9 Å². The smallest absolute Gasteiger partial charge is 0.244 e. The first-order chi connectivity index (χ1) is 15.4. The SMILES string of the molecule is CCC(C)NC(=O)C(C)N(Cc1ccccc1F)C(=O)CN(c1ccc(Cl)cc1)S(C)(=O)=O. The molecule has 0 aliphatic carbocycles. The molecule has 0 bridgehead atoms. The summed E-state index contributed by atoms with van der Waals surface area (Å²) in [5, 5.41) is 3.23. The molecule has 2 rings (SSSR count). The summed E-state index contributed by atoms with van der Waals surface area (Å²) in [6, 6.07) is 10.8. The average molecular weight is 498 g/mol. The fraction of sp³-hybridized carbons (Fsp3) is 0.391. The van der Waals surface area contributed by atoms with E-state index in [0.29, 0.717) is 11.4 Å². The quantitative estimate of drug-likeness (QED) is 0.543. The molecule has 0 fully saturated rings. The first-order valence-corrected chi connectivity index (χ1v) is 12.7. The molecule has 10 heteroatoms. The predicted molar refractivity (Wildman–Crippen MR) is 128 cm³/mol. The highest BCUT2D eigenvalue weighted by Gasteiger charge is 2.30. The van der Waals surface area contributed by atoms with Gasteiger partial charge in [0.1, 0.15) is 18.4 Å². The number of hydrogen-bond donors (Lipinski definition) is 1. The Balaban J connectivity index is 2.39. The topological polar surface area (TPSA) is 86.8 Å². The number of carbonyl (C=O) groups excluding carboxylic acids is 2. The lowest BCUT2D eigenvalue weighted by Crippen LogP contribution is -2.52. The fourth-order valence-corrected chi connectivity index (χ4v) is 4.05. The molecular weight excluding hydrogens is 469 g/mol. The van der Waals surface area contributed by atoms with Crippen molar-refractivity contribution in [2.75, 3.05) is 17.1 Å². The Morgan fingerprint density at radius 1 is 1.09 bits per heavy atom. The molecule has 0 aliphatic heterocycles. The summed E-state index contributed by atoms with van der Waals surface area (Å²) in [6.45, 7) is 4.52. The molecule has 0 aromatic heterocycles. The third-order valence-electron chi connectivity index (χ3n) is 5.26. The molecule has 0 heterocycles. The summed E-state index contributed by atoms with van der Waals surface area (Å²) in [5.74, 6) is -1.58. The highest BCUT2D eigenvalue weighted by atomic mass is 35.5. The Labute approximate surface area is 199 Å². The third kappa shape index (κ3) is 7.43. The first-order valence-electron chi connectivity index (χ1n) is 10.5. The summed E-state index contributed by atoms with van der Waals surface area (Å²) >= 11 is 5.90. The van der Waals surface area contributed by atoms with Crippen LogP contribution in [0.5, 0.6) is 0 Å². The van der Waals surface area contributed by atoms with Crippen LogP contribution in [0.4, 0.5) is 10.1 Å². The van der Waals surface area contributed by atoms with Gasteiger partial charge in [0.05, 0.1) is 11.9 Å². The molecule has 2 atom stereocenters. The van der Waals surface area contributed by atoms with E-state index in [1.165, 1.54) is 54.3 Å². The lowest BCUT2D eigenvalue weighted by Gasteiger charge is -2.32. The van der Waals surface area contributed by atoms with Crippen molar-refractivity contribution < 1.29 is 22.4 Å². The number of hydrogen-bond acceptors (Lipinski definition) is 4. The van der Waals surface area contributed by atoms with Crippen LogP contribution in [-0.4, -0.2) is 50.0 Å². The summed E-state index contributed by atoms with van der Waals surface area (Å²) < 4.78 is 40.2. The van der Waals surface area contributed by atoms with Crippen molar-refractivity contribution >= 4 is 39.1 Å². The second-order valence-corrected chi connectivity index (χ2v) is 10.2. The maximum Gasteiger partial charge on any atom is 0.244 e. The predicted octanol–water partition coefficient (Wildman–Crippen LogP) is 3.58. The monoisotopic (exact) mass is 497 g/mol. The van der Waals surface area contributed by atoms with Gasteiger partial charge in [0, 0.05) is 23.2 Å². The summed E-state index contributed by atoms with van der Waals surface area (Å²) in [7, 11) is -3.84. The van der Waals surface area contributed by atoms with Gasteiger partial charge in [-0.2, -0.15) is 0 Å². The molecular formula is C23H29ClFN3O4S. The van der Waals surface area contributed by atoms with Gasteiger partial charge in [-0.25, -0.2) is 12.8 Å². The number of carbonyl (C=O) groups is 2. The third-order valence-corrected chi connectivity index (χ3v) is 6.65. The van der Waals surface area contributed by atoms with Crippen LogP contribution in [0.1, 0.15) is 32.8 Å². The molecule has 180 valence electrons. The molecule has 0 spiro atoms. The van der Waals surface area contributed by atoms with Crippen LogP contribution >= 0.6 is 11.6 Å². The summed E-state index contributed by atoms with van der Waals surface area (Å²) in [4.78, 5) is 27.3. The van der Waals surface area contributed by atoms with Crippen molar-refractivity contribution in [2.45, 2.75) is 45.8 Å². The van der Waals surface area contributed by atoms with Crippen molar-refractivity contribution in [3.05, 3.63) is 64.9 Å². The lowest BCUT2D eigenvalue weighted by atomic mass is 10.1. The lowest BCUT2D eigenvalue weighted by molar-refractivity contribution is -0.139. The van der Waals surface area contributed by atoms with Gasteiger partial charge < -0.3 is 10.2 Å². The van der Waals surface area contributed by atoms with Crippen molar-refractivity contribution in [2.24, 2.45) is 0 Å². The standard InChI is InChI=1S/C23H29ClFN3O4S/c1-5-16(2)26-23(30)17(3)27(14-18-8-6-7-9-21(18)25)22(29)15-28(33(4,31)32)20-12-10-19(24)11-13-20/h6-13,16-17H,5,14-15H2,1-4H3,(H,26,30). The number of nitrogens with one attached hydrogen (secondary N) is 1. The van der Waals surface area contributed by atoms with E-state index in [-0.39, 0.29) is 23.8 Å². The van der Waals surface area contributed by atoms with E-state index in [0.717, 1.165) is 10.6 Å². The van der Waals surface area contributed by atoms with Crippen molar-refractivity contribution in [1.82, 2.24) is 10.2 Å². The van der Waals surface area contributed by atoms with E-state index in [2.05, 4.69) is 5.32 Å². The Kier molecular flexibility index (Phi) is 9.25. The maximum absolute atomic E-state index is 14.3. The molecule has 2 amide bonds. The van der Waals surface area contributed by atoms with E-state index in [1.54, 1.807) is 6.07 Å². The van der Waals surface area contributed by atoms with Crippen LogP contribution in [0.15, 0.2) is 48.5 Å². The number of halogens is 2. The first kappa shape index (κ1) is 26.6. The molecule has 0 aliphatic rings. The van der Waals surface area contributed by atoms with E-state index < -0.39 is 40.2 Å². The molecule has 0 saturated heterocycles. The van der Waals surface area contributed by atoms with Gasteiger partial charge >= 0.3 is 0 Å². The van der Waals surface area contributed by atoms with Gasteiger partial charge in [-0.05, 0) is 50.6 Å². The van der Waals surface area contributed by atoms with E-state index in [1.807, 2.05) is 13.8 Å². The summed E-state index contributed by atoms with van der Waals surface area (Å²) in [5.41, 5.74) is 0.462. The van der Waals surface area contributed by atoms with Gasteiger partial charge in [-0.1, -0.05) is 36.7 Å². The van der Waals surface area contributed by atoms with E-state index in [4.69, 9.17) is 11.6 Å². The molecule has 2 aromatic carbocycles. The van der Waals surface area contributed by atoms with E-state index >= 15 is 0 Å². The molecule has 33 heavy (non-hydrogen) atoms. The van der Waals surface area contributed by atoms with Gasteiger partial charge in [-0.15, -0.1) is 0 Å². The zero-order valence-electron chi connectivity index (χ0n) is 19.1. The van der Waals surface area contributed by atoms with Crippen molar-refractivity contribution in [3.63, 3.8) is 0 Å². The van der Waals surface area contributed by atoms with E-state index in [9.17, 15) is 22.4 Å². The second-order valence-electron chi connectivity index (χ2n) is 7.85. The second kappa shape index (κ2) is 11.5. The van der Waals surface area contributed by atoms with Crippen LogP contribution in [0.25, 0.3) is 0 Å². The van der Waals surface area contributed by atoms with Crippen LogP contribution in [0.3, 0.4) is 0 Å². The van der Waals surface area contributed by atoms with Crippen LogP contribution < -0.4 is 9.62 Å². The fourth-order valence-electron chi connectivity index (χ4n) is 3.08. The largest absolute Gasteiger partial charge is 0.352 e. The normalized spacial score (nSPS) is 13.2. The minimum atomic E-state index is -3.84. The van der Waals surface area contributed by atoms with Crippen LogP contribution in [0, 0.1) is 5.82 Å². The van der Waals surface area contributed by atoms with Gasteiger partial charge in [0.2, 0.25) is 21.8 Å². The number of sulfonamides is 1. The minimum absolute atomic E-state index is 0.119. The number of amides is 2. The van der Waals surface area contributed by atoms with Gasteiger partial charge in [0.25, 0.3) is 0 Å². The Morgan fingerprint density at radius 3 is 2.24 bits per heavy atom. The zero-order chi connectivity index (χ0) is 24.8. The molecule has 7 nitrogen and oxygen atoms in total. The van der Waals surface area contributed by atoms with Crippen LogP contribution in [-0.2, 0) is 26.2 Å². The highest BCUT2D eigenvalue weighted by molar-refractivity contribution is 7.92.